The van der Waals surface area contributed by atoms with E-state index in [2.05, 4.69) is 15.4 Å². The summed E-state index contributed by atoms with van der Waals surface area (Å²) in [7, 11) is 0. The number of ether oxygens (including phenoxy) is 2. The van der Waals surface area contributed by atoms with Crippen molar-refractivity contribution in [3.63, 3.8) is 0 Å². The quantitative estimate of drug-likeness (QED) is 0.254. The molecule has 1 saturated heterocycles. The molecule has 0 radical (unpaired) electrons. The molecule has 0 unspecified atom stereocenters. The van der Waals surface area contributed by atoms with Crippen LogP contribution in [0, 0.1) is 5.82 Å². The van der Waals surface area contributed by atoms with E-state index in [-0.39, 0.29) is 36.0 Å². The molecule has 3 aromatic carbocycles. The summed E-state index contributed by atoms with van der Waals surface area (Å²) in [5.41, 5.74) is 0.432. The van der Waals surface area contributed by atoms with Crippen molar-refractivity contribution in [2.45, 2.75) is 18.6 Å². The van der Waals surface area contributed by atoms with Crippen LogP contribution in [0.2, 0.25) is 5.02 Å². The maximum atomic E-state index is 14.6. The first-order valence-electron chi connectivity index (χ1n) is 11.6. The minimum Gasteiger partial charge on any atom is -0.486 e. The van der Waals surface area contributed by atoms with Crippen LogP contribution in [0.25, 0.3) is 10.8 Å². The maximum Gasteiger partial charge on any atom is 0.274 e. The topological polar surface area (TPSA) is 104 Å². The summed E-state index contributed by atoms with van der Waals surface area (Å²) in [5, 5.41) is 29.2. The molecule has 36 heavy (non-hydrogen) atoms. The normalized spacial score (nSPS) is 17.4. The minimum atomic E-state index is -1.25. The molecular formula is C26H25ClFN3O5. The van der Waals surface area contributed by atoms with Gasteiger partial charge in [0.25, 0.3) is 5.91 Å². The first-order valence-corrected chi connectivity index (χ1v) is 12.0. The third-order valence-electron chi connectivity index (χ3n) is 6.45. The van der Waals surface area contributed by atoms with Crippen LogP contribution < -0.4 is 14.8 Å². The largest absolute Gasteiger partial charge is 0.486 e. The Labute approximate surface area is 211 Å². The molecule has 8 nitrogen and oxygen atoms in total. The van der Waals surface area contributed by atoms with Crippen LogP contribution in [0.3, 0.4) is 0 Å². The van der Waals surface area contributed by atoms with Gasteiger partial charge in [0.2, 0.25) is 0 Å². The number of aliphatic hydroxyl groups excluding tert-OH is 1. The first-order chi connectivity index (χ1) is 17.4. The number of carbonyl (C=O) groups excluding carboxylic acids is 1. The second-order valence-corrected chi connectivity index (χ2v) is 9.30. The summed E-state index contributed by atoms with van der Waals surface area (Å²) >= 11 is 6.05. The van der Waals surface area contributed by atoms with E-state index in [0.29, 0.717) is 17.1 Å². The van der Waals surface area contributed by atoms with Gasteiger partial charge in [-0.3, -0.25) is 4.79 Å². The number of oxime groups is 1. The predicted molar refractivity (Wildman–Crippen MR) is 133 cm³/mol. The molecule has 1 amide bonds. The summed E-state index contributed by atoms with van der Waals surface area (Å²) in [6.45, 7) is 2.49. The fourth-order valence-corrected chi connectivity index (χ4v) is 4.62. The lowest BCUT2D eigenvalue weighted by Crippen LogP contribution is -2.52. The number of rotatable bonds is 7. The van der Waals surface area contributed by atoms with Gasteiger partial charge < -0.3 is 30.0 Å². The zero-order chi connectivity index (χ0) is 25.2. The summed E-state index contributed by atoms with van der Waals surface area (Å²) in [6.07, 6.45) is -0.238. The Morgan fingerprint density at radius 2 is 1.86 bits per heavy atom. The van der Waals surface area contributed by atoms with E-state index in [1.54, 1.807) is 36.4 Å². The van der Waals surface area contributed by atoms with Gasteiger partial charge in [-0.15, -0.1) is 0 Å². The molecule has 1 fully saturated rings. The van der Waals surface area contributed by atoms with Crippen LogP contribution in [0.1, 0.15) is 23.7 Å². The molecule has 3 aromatic rings. The molecule has 5 rings (SSSR count). The monoisotopic (exact) mass is 513 g/mol. The highest BCUT2D eigenvalue weighted by molar-refractivity contribution is 6.45. The van der Waals surface area contributed by atoms with Gasteiger partial charge in [-0.1, -0.05) is 35.0 Å². The number of nitrogens with one attached hydrogen (secondary N) is 1. The van der Waals surface area contributed by atoms with Gasteiger partial charge in [0.05, 0.1) is 6.04 Å². The molecule has 2 atom stereocenters. The third-order valence-corrected chi connectivity index (χ3v) is 6.69. The van der Waals surface area contributed by atoms with Gasteiger partial charge >= 0.3 is 0 Å². The molecular weight excluding hydrogens is 489 g/mol. The molecule has 188 valence electrons. The summed E-state index contributed by atoms with van der Waals surface area (Å²) < 4.78 is 25.5. The van der Waals surface area contributed by atoms with Crippen molar-refractivity contribution in [2.75, 3.05) is 32.8 Å². The van der Waals surface area contributed by atoms with Crippen LogP contribution in [-0.4, -0.2) is 65.7 Å². The average Bonchev–Trinajstić information content (AvgIpc) is 2.85. The lowest BCUT2D eigenvalue weighted by Gasteiger charge is -2.36. The number of benzene rings is 3. The van der Waals surface area contributed by atoms with Crippen LogP contribution in [0.15, 0.2) is 53.7 Å². The van der Waals surface area contributed by atoms with E-state index in [1.807, 2.05) is 0 Å². The maximum absolute atomic E-state index is 14.6. The highest BCUT2D eigenvalue weighted by Crippen LogP contribution is 2.36. The fraction of sp³-hybridized carbons (Fsp3) is 0.308. The molecule has 0 bridgehead atoms. The highest BCUT2D eigenvalue weighted by atomic mass is 35.5. The van der Waals surface area contributed by atoms with Crippen molar-refractivity contribution in [2.24, 2.45) is 5.16 Å². The van der Waals surface area contributed by atoms with Crippen molar-refractivity contribution in [3.8, 4) is 11.5 Å². The Balaban J connectivity index is 1.40. The average molecular weight is 514 g/mol. The summed E-state index contributed by atoms with van der Waals surface area (Å²) in [4.78, 5) is 15.3. The SMILES string of the molecule is O=C(N[C@H](CN1CCC1)[C@H](O)c1cc(F)c2c(c1)OCCO2)/C(=N/O)c1ccc2cc(Cl)ccc2c1. The van der Waals surface area contributed by atoms with Crippen LogP contribution in [0.4, 0.5) is 4.39 Å². The standard InChI is InChI=1S/C26H25ClFN3O5/c27-19-5-4-15-10-17(3-2-16(15)11-19)23(30-34)26(33)29-21(14-31-6-1-7-31)24(32)18-12-20(28)25-22(13-18)35-8-9-36-25/h2-5,10-13,21,24,32,34H,1,6-9,14H2,(H,29,33)/b30-23+/t21-,24-/m1/s1. The van der Waals surface area contributed by atoms with Gasteiger partial charge in [0, 0.05) is 17.1 Å². The Morgan fingerprint density at radius 3 is 2.61 bits per heavy atom. The van der Waals surface area contributed by atoms with Crippen LogP contribution >= 0.6 is 11.6 Å². The molecule has 2 heterocycles. The molecule has 0 spiro atoms. The van der Waals surface area contributed by atoms with E-state index in [9.17, 15) is 19.5 Å². The van der Waals surface area contributed by atoms with E-state index < -0.39 is 23.9 Å². The van der Waals surface area contributed by atoms with Gasteiger partial charge in [0.1, 0.15) is 19.3 Å². The zero-order valence-electron chi connectivity index (χ0n) is 19.3. The van der Waals surface area contributed by atoms with E-state index in [1.165, 1.54) is 12.1 Å². The second kappa shape index (κ2) is 10.3. The van der Waals surface area contributed by atoms with Crippen LogP contribution in [0.5, 0.6) is 11.5 Å². The third kappa shape index (κ3) is 4.95. The number of fused-ring (bicyclic) bond motifs is 2. The molecule has 0 aliphatic carbocycles. The van der Waals surface area contributed by atoms with Gasteiger partial charge in [-0.2, -0.15) is 0 Å². The Morgan fingerprint density at radius 1 is 1.11 bits per heavy atom. The van der Waals surface area contributed by atoms with E-state index in [0.717, 1.165) is 30.3 Å². The van der Waals surface area contributed by atoms with Gasteiger partial charge in [-0.05, 0) is 66.2 Å². The number of hydrogen-bond acceptors (Lipinski definition) is 7. The van der Waals surface area contributed by atoms with Crippen molar-refractivity contribution in [1.82, 2.24) is 10.2 Å². The number of carbonyl (C=O) groups is 1. The highest BCUT2D eigenvalue weighted by Gasteiger charge is 2.31. The molecule has 0 aromatic heterocycles. The van der Waals surface area contributed by atoms with Gasteiger partial charge in [-0.25, -0.2) is 4.39 Å². The van der Waals surface area contributed by atoms with Crippen molar-refractivity contribution >= 4 is 34.0 Å². The number of aliphatic hydroxyl groups is 1. The van der Waals surface area contributed by atoms with Crippen molar-refractivity contribution < 1.29 is 29.0 Å². The van der Waals surface area contributed by atoms with Crippen molar-refractivity contribution in [3.05, 3.63) is 70.5 Å². The second-order valence-electron chi connectivity index (χ2n) is 8.86. The smallest absolute Gasteiger partial charge is 0.274 e. The van der Waals surface area contributed by atoms with E-state index in [4.69, 9.17) is 21.1 Å². The number of halogens is 2. The summed E-state index contributed by atoms with van der Waals surface area (Å²) in [6, 6.07) is 12.4. The molecule has 3 N–H and O–H groups in total. The summed E-state index contributed by atoms with van der Waals surface area (Å²) in [5.74, 6) is -1.11. The number of hydrogen-bond donors (Lipinski definition) is 3. The van der Waals surface area contributed by atoms with Crippen molar-refractivity contribution in [1.29, 1.82) is 0 Å². The number of nitrogens with zero attached hydrogens (tertiary/aromatic N) is 2. The zero-order valence-corrected chi connectivity index (χ0v) is 20.0. The number of amides is 1. The number of likely N-dealkylation sites (tertiary alicyclic amines) is 1. The first kappa shape index (κ1) is 24.3. The van der Waals surface area contributed by atoms with Crippen LogP contribution in [-0.2, 0) is 4.79 Å². The van der Waals surface area contributed by atoms with Gasteiger partial charge in [0.15, 0.2) is 23.0 Å². The van der Waals surface area contributed by atoms with E-state index >= 15 is 0 Å². The Hall–Kier alpha value is -3.40. The molecule has 2 aliphatic heterocycles. The predicted octanol–water partition coefficient (Wildman–Crippen LogP) is 3.51. The Kier molecular flexibility index (Phi) is 6.95. The Bertz CT molecular complexity index is 1330. The lowest BCUT2D eigenvalue weighted by atomic mass is 9.98. The lowest BCUT2D eigenvalue weighted by molar-refractivity contribution is -0.116. The molecule has 0 saturated carbocycles. The molecule has 2 aliphatic rings. The molecule has 10 heteroatoms. The minimum absolute atomic E-state index is 0.00724. The fourth-order valence-electron chi connectivity index (χ4n) is 4.44.